The molecule has 1 aliphatic carbocycles. The summed E-state index contributed by atoms with van der Waals surface area (Å²) in [6.45, 7) is 9.13. The van der Waals surface area contributed by atoms with E-state index >= 15 is 0 Å². The molecule has 16 nitrogen and oxygen atoms in total. The average Bonchev–Trinajstić information content (AvgIpc) is 3.04. The highest BCUT2D eigenvalue weighted by Crippen LogP contribution is 2.30. The number of nitrogens with zero attached hydrogens (tertiary/aromatic N) is 1. The number of hydrogen-bond acceptors (Lipinski definition) is 13. The zero-order valence-corrected chi connectivity index (χ0v) is 30.8. The van der Waals surface area contributed by atoms with Gasteiger partial charge in [0.15, 0.2) is 24.5 Å². The maximum Gasteiger partial charge on any atom is 0.318 e. The number of benzene rings is 1. The summed E-state index contributed by atoms with van der Waals surface area (Å²) in [7, 11) is 0. The van der Waals surface area contributed by atoms with Gasteiger partial charge in [-0.3, -0.25) is 28.8 Å². The molecule has 1 heterocycles. The number of urea groups is 1. The molecular formula is C36H51N3O13. The maximum absolute atomic E-state index is 14.5. The Balaban J connectivity index is 2.07. The van der Waals surface area contributed by atoms with Gasteiger partial charge in [0.05, 0.1) is 6.42 Å². The van der Waals surface area contributed by atoms with Crippen molar-refractivity contribution >= 4 is 41.8 Å². The normalized spacial score (nSPS) is 22.5. The lowest BCUT2D eigenvalue weighted by Gasteiger charge is -2.45. The second-order valence-corrected chi connectivity index (χ2v) is 13.9. The van der Waals surface area contributed by atoms with Gasteiger partial charge >= 0.3 is 35.9 Å². The molecule has 0 spiro atoms. The van der Waals surface area contributed by atoms with Crippen LogP contribution in [0, 0.1) is 0 Å². The van der Waals surface area contributed by atoms with Crippen molar-refractivity contribution in [2.75, 3.05) is 6.61 Å². The van der Waals surface area contributed by atoms with Crippen LogP contribution < -0.4 is 10.6 Å². The Kier molecular flexibility index (Phi) is 15.4. The zero-order valence-electron chi connectivity index (χ0n) is 30.8. The molecule has 0 bridgehead atoms. The van der Waals surface area contributed by atoms with Crippen LogP contribution in [-0.4, -0.2) is 102 Å². The van der Waals surface area contributed by atoms with Crippen LogP contribution in [0.25, 0.3) is 0 Å². The first kappa shape index (κ1) is 41.7. The van der Waals surface area contributed by atoms with E-state index in [4.69, 9.17) is 28.4 Å². The predicted molar refractivity (Wildman–Crippen MR) is 182 cm³/mol. The summed E-state index contributed by atoms with van der Waals surface area (Å²) in [6.07, 6.45) is -4.44. The highest BCUT2D eigenvalue weighted by molar-refractivity contribution is 5.91. The van der Waals surface area contributed by atoms with E-state index in [0.717, 1.165) is 47.0 Å². The molecule has 1 saturated carbocycles. The van der Waals surface area contributed by atoms with Gasteiger partial charge in [-0.2, -0.15) is 0 Å². The standard InChI is InChI=1S/C36H51N3O13/c1-21(40)47-20-28-30(49-22(2)41)31(50-23(3)42)32(51-24(4)43)34(52-28)37-33(45)27(18-29(44)48-19-25-14-10-8-11-15-25)39(26-16-12-9-13-17-26)35(46)38-36(5,6)7/h8,10-11,14-15,26-28,30-32,34H,9,12-13,16-20H2,1-7H3,(H,37,45)(H,38,46)/t27?,28-,30-,31+,32-,34-/m1/s1. The van der Waals surface area contributed by atoms with E-state index in [1.807, 2.05) is 6.07 Å². The van der Waals surface area contributed by atoms with Crippen molar-refractivity contribution in [1.82, 2.24) is 15.5 Å². The molecule has 1 aromatic rings. The third-order valence-corrected chi connectivity index (χ3v) is 8.20. The number of amides is 3. The van der Waals surface area contributed by atoms with Crippen molar-refractivity contribution in [2.45, 2.75) is 142 Å². The topological polar surface area (TPSA) is 202 Å². The molecule has 52 heavy (non-hydrogen) atoms. The Morgan fingerprint density at radius 3 is 1.92 bits per heavy atom. The monoisotopic (exact) mass is 733 g/mol. The molecule has 3 rings (SSSR count). The molecule has 2 fully saturated rings. The van der Waals surface area contributed by atoms with E-state index < -0.39 is 103 Å². The highest BCUT2D eigenvalue weighted by Gasteiger charge is 2.53. The van der Waals surface area contributed by atoms with E-state index in [1.54, 1.807) is 45.0 Å². The summed E-state index contributed by atoms with van der Waals surface area (Å²) in [5.41, 5.74) is 0.00234. The van der Waals surface area contributed by atoms with Crippen molar-refractivity contribution < 1.29 is 62.0 Å². The first-order valence-electron chi connectivity index (χ1n) is 17.4. The van der Waals surface area contributed by atoms with Crippen LogP contribution in [0.2, 0.25) is 0 Å². The summed E-state index contributed by atoms with van der Waals surface area (Å²) >= 11 is 0. The molecule has 1 unspecified atom stereocenters. The fourth-order valence-electron chi connectivity index (χ4n) is 6.16. The van der Waals surface area contributed by atoms with Gasteiger partial charge in [-0.05, 0) is 39.2 Å². The Morgan fingerprint density at radius 1 is 0.788 bits per heavy atom. The van der Waals surface area contributed by atoms with Crippen LogP contribution in [0.4, 0.5) is 4.79 Å². The molecule has 1 aliphatic heterocycles. The van der Waals surface area contributed by atoms with E-state index in [-0.39, 0.29) is 6.61 Å². The summed E-state index contributed by atoms with van der Waals surface area (Å²) in [6, 6.07) is 6.46. The zero-order chi connectivity index (χ0) is 38.6. The molecule has 2 N–H and O–H groups in total. The molecule has 6 atom stereocenters. The van der Waals surface area contributed by atoms with E-state index in [1.165, 1.54) is 4.90 Å². The van der Waals surface area contributed by atoms with Crippen LogP contribution in [0.5, 0.6) is 0 Å². The van der Waals surface area contributed by atoms with Crippen molar-refractivity contribution in [3.63, 3.8) is 0 Å². The van der Waals surface area contributed by atoms with Gasteiger partial charge in [-0.15, -0.1) is 0 Å². The average molecular weight is 734 g/mol. The molecule has 0 aromatic heterocycles. The summed E-state index contributed by atoms with van der Waals surface area (Å²) in [5, 5.41) is 5.55. The highest BCUT2D eigenvalue weighted by atomic mass is 16.7. The number of rotatable bonds is 13. The number of nitrogens with one attached hydrogen (secondary N) is 2. The molecule has 0 radical (unpaired) electrons. The van der Waals surface area contributed by atoms with Crippen LogP contribution in [0.1, 0.15) is 92.6 Å². The van der Waals surface area contributed by atoms with E-state index in [0.29, 0.717) is 18.4 Å². The van der Waals surface area contributed by atoms with Gasteiger partial charge < -0.3 is 44.0 Å². The number of esters is 5. The van der Waals surface area contributed by atoms with Gasteiger partial charge in [-0.25, -0.2) is 4.79 Å². The maximum atomic E-state index is 14.5. The third kappa shape index (κ3) is 13.1. The molecule has 16 heteroatoms. The van der Waals surface area contributed by atoms with Gasteiger partial charge in [0, 0.05) is 39.3 Å². The molecule has 288 valence electrons. The molecule has 2 aliphatic rings. The first-order chi connectivity index (χ1) is 24.4. The second kappa shape index (κ2) is 19.2. The van der Waals surface area contributed by atoms with E-state index in [2.05, 4.69) is 10.6 Å². The van der Waals surface area contributed by atoms with Crippen molar-refractivity contribution in [3.8, 4) is 0 Å². The molecule has 3 amide bonds. The lowest BCUT2D eigenvalue weighted by atomic mass is 9.92. The van der Waals surface area contributed by atoms with Gasteiger partial charge in [0.2, 0.25) is 5.91 Å². The Labute approximate surface area is 303 Å². The van der Waals surface area contributed by atoms with Crippen molar-refractivity contribution in [2.24, 2.45) is 0 Å². The Bertz CT molecular complexity index is 1420. The van der Waals surface area contributed by atoms with Crippen molar-refractivity contribution in [3.05, 3.63) is 35.9 Å². The molecule has 1 saturated heterocycles. The van der Waals surface area contributed by atoms with Gasteiger partial charge in [0.1, 0.15) is 25.4 Å². The number of carbonyl (C=O) groups is 7. The number of ether oxygens (including phenoxy) is 6. The third-order valence-electron chi connectivity index (χ3n) is 8.20. The minimum Gasteiger partial charge on any atom is -0.463 e. The van der Waals surface area contributed by atoms with Gasteiger partial charge in [0.25, 0.3) is 0 Å². The minimum absolute atomic E-state index is 0.0781. The van der Waals surface area contributed by atoms with Crippen LogP contribution in [0.3, 0.4) is 0 Å². The second-order valence-electron chi connectivity index (χ2n) is 13.9. The lowest BCUT2D eigenvalue weighted by molar-refractivity contribution is -0.257. The fourth-order valence-corrected chi connectivity index (χ4v) is 6.16. The number of carbonyl (C=O) groups excluding carboxylic acids is 7. The predicted octanol–water partition coefficient (Wildman–Crippen LogP) is 2.83. The minimum atomic E-state index is -1.62. The summed E-state index contributed by atoms with van der Waals surface area (Å²) in [5.74, 6) is -4.89. The van der Waals surface area contributed by atoms with Crippen molar-refractivity contribution in [1.29, 1.82) is 0 Å². The largest absolute Gasteiger partial charge is 0.463 e. The van der Waals surface area contributed by atoms with Crippen LogP contribution in [0.15, 0.2) is 30.3 Å². The Hall–Kier alpha value is -4.73. The van der Waals surface area contributed by atoms with Crippen LogP contribution >= 0.6 is 0 Å². The smallest absolute Gasteiger partial charge is 0.318 e. The lowest BCUT2D eigenvalue weighted by Crippen LogP contribution is -2.68. The first-order valence-corrected chi connectivity index (χ1v) is 17.4. The molecular weight excluding hydrogens is 682 g/mol. The van der Waals surface area contributed by atoms with Gasteiger partial charge in [-0.1, -0.05) is 49.6 Å². The molecule has 1 aromatic carbocycles. The summed E-state index contributed by atoms with van der Waals surface area (Å²) in [4.78, 5) is 91.9. The SMILES string of the molecule is CC(=O)OC[C@H]1O[C@@H](NC(=O)C(CC(=O)OCc2ccccc2)N(C(=O)NC(C)(C)C)C2CCCCC2)[C@H](OC(C)=O)[C@@H](OC(C)=O)[C@@H]1OC(C)=O. The van der Waals surface area contributed by atoms with E-state index in [9.17, 15) is 33.6 Å². The van der Waals surface area contributed by atoms with Crippen LogP contribution in [-0.2, 0) is 63.8 Å². The number of hydrogen-bond donors (Lipinski definition) is 2. The fraction of sp³-hybridized carbons (Fsp3) is 0.639. The summed E-state index contributed by atoms with van der Waals surface area (Å²) < 4.78 is 33.2. The quantitative estimate of drug-likeness (QED) is 0.222. The Morgan fingerprint density at radius 2 is 1.37 bits per heavy atom.